The summed E-state index contributed by atoms with van der Waals surface area (Å²) < 4.78 is 1.16. The van der Waals surface area contributed by atoms with Crippen LogP contribution in [0.1, 0.15) is 10.4 Å². The number of phenols is 1. The van der Waals surface area contributed by atoms with Crippen molar-refractivity contribution in [2.24, 2.45) is 0 Å². The maximum Gasteiger partial charge on any atom is 0.280 e. The van der Waals surface area contributed by atoms with Gasteiger partial charge in [-0.1, -0.05) is 42.5 Å². The zero-order valence-electron chi connectivity index (χ0n) is 14.2. The highest BCUT2D eigenvalue weighted by molar-refractivity contribution is 6.00. The predicted molar refractivity (Wildman–Crippen MR) is 103 cm³/mol. The van der Waals surface area contributed by atoms with Gasteiger partial charge in [0.15, 0.2) is 5.82 Å². The maximum atomic E-state index is 13.0. The molecule has 0 aliphatic carbocycles. The highest BCUT2D eigenvalue weighted by atomic mass is 16.3. The fourth-order valence-corrected chi connectivity index (χ4v) is 2.80. The first-order valence-electron chi connectivity index (χ1n) is 8.31. The molecule has 0 radical (unpaired) electrons. The summed E-state index contributed by atoms with van der Waals surface area (Å²) in [4.78, 5) is 30.2. The minimum absolute atomic E-state index is 0.0565. The van der Waals surface area contributed by atoms with Gasteiger partial charge in [-0.05, 0) is 36.4 Å². The molecular weight excluding hydrogens is 342 g/mol. The van der Waals surface area contributed by atoms with E-state index in [1.54, 1.807) is 18.2 Å². The van der Waals surface area contributed by atoms with E-state index in [2.05, 4.69) is 10.4 Å². The van der Waals surface area contributed by atoms with Crippen molar-refractivity contribution in [3.63, 3.8) is 0 Å². The van der Waals surface area contributed by atoms with Gasteiger partial charge < -0.3 is 5.11 Å². The lowest BCUT2D eigenvalue weighted by atomic mass is 10.2. The molecule has 0 fully saturated rings. The first kappa shape index (κ1) is 16.5. The first-order valence-corrected chi connectivity index (χ1v) is 8.31. The van der Waals surface area contributed by atoms with E-state index >= 15 is 0 Å². The summed E-state index contributed by atoms with van der Waals surface area (Å²) >= 11 is 0. The molecule has 132 valence electrons. The molecule has 1 heterocycles. The molecule has 4 rings (SSSR count). The molecule has 2 N–H and O–H groups in total. The number of fused-ring (bicyclic) bond motifs is 1. The van der Waals surface area contributed by atoms with E-state index in [9.17, 15) is 14.7 Å². The van der Waals surface area contributed by atoms with E-state index in [0.29, 0.717) is 27.9 Å². The number of hydrogen-bond acceptors (Lipinski definition) is 4. The third-order valence-corrected chi connectivity index (χ3v) is 4.15. The van der Waals surface area contributed by atoms with Gasteiger partial charge in [-0.25, -0.2) is 4.98 Å². The fraction of sp³-hybridized carbons (Fsp3) is 0. The van der Waals surface area contributed by atoms with Crippen molar-refractivity contribution >= 4 is 16.8 Å². The number of carbonyl (C=O) groups excluding carboxylic acids is 1. The first-order chi connectivity index (χ1) is 13.1. The molecule has 0 unspecified atom stereocenters. The lowest BCUT2D eigenvalue weighted by Crippen LogP contribution is -2.35. The number of amides is 1. The van der Waals surface area contributed by atoms with Crippen LogP contribution >= 0.6 is 0 Å². The number of hydrogen-bond donors (Lipinski definition) is 2. The molecular formula is C21H15N3O3. The third-order valence-electron chi connectivity index (χ3n) is 4.15. The van der Waals surface area contributed by atoms with Crippen molar-refractivity contribution in [3.8, 4) is 17.1 Å². The number of rotatable bonds is 3. The zero-order chi connectivity index (χ0) is 18.8. The summed E-state index contributed by atoms with van der Waals surface area (Å²) in [5.74, 6) is -0.0844. The molecule has 0 spiro atoms. The summed E-state index contributed by atoms with van der Waals surface area (Å²) in [5.41, 5.74) is 3.82. The second kappa shape index (κ2) is 6.76. The SMILES string of the molecule is O=C(Nn1c(-c2ccccc2)nc2ccccc2c1=O)c1ccc(O)cc1. The van der Waals surface area contributed by atoms with Gasteiger partial charge in [0.05, 0.1) is 10.9 Å². The van der Waals surface area contributed by atoms with Gasteiger partial charge in [0, 0.05) is 11.1 Å². The Morgan fingerprint density at radius 1 is 0.889 bits per heavy atom. The number of nitrogens with one attached hydrogen (secondary N) is 1. The van der Waals surface area contributed by atoms with Gasteiger partial charge in [0.1, 0.15) is 5.75 Å². The number of carbonyl (C=O) groups is 1. The second-order valence-electron chi connectivity index (χ2n) is 5.95. The lowest BCUT2D eigenvalue weighted by Gasteiger charge is -2.14. The average molecular weight is 357 g/mol. The number of nitrogens with zero attached hydrogens (tertiary/aromatic N) is 2. The maximum absolute atomic E-state index is 13.0. The quantitative estimate of drug-likeness (QED) is 0.590. The van der Waals surface area contributed by atoms with Crippen LogP contribution in [0, 0.1) is 0 Å². The molecule has 1 aromatic heterocycles. The van der Waals surface area contributed by atoms with Gasteiger partial charge in [0.25, 0.3) is 11.5 Å². The van der Waals surface area contributed by atoms with Crippen molar-refractivity contribution in [2.75, 3.05) is 5.43 Å². The second-order valence-corrected chi connectivity index (χ2v) is 5.95. The van der Waals surface area contributed by atoms with Gasteiger partial charge in [0.2, 0.25) is 0 Å². The monoisotopic (exact) mass is 357 g/mol. The number of para-hydroxylation sites is 1. The van der Waals surface area contributed by atoms with Crippen LogP contribution in [0.4, 0.5) is 0 Å². The van der Waals surface area contributed by atoms with E-state index in [1.807, 2.05) is 36.4 Å². The van der Waals surface area contributed by atoms with Crippen LogP contribution in [0.15, 0.2) is 83.7 Å². The van der Waals surface area contributed by atoms with Gasteiger partial charge in [-0.3, -0.25) is 15.0 Å². The van der Waals surface area contributed by atoms with E-state index in [-0.39, 0.29) is 11.3 Å². The van der Waals surface area contributed by atoms with Crippen molar-refractivity contribution < 1.29 is 9.90 Å². The van der Waals surface area contributed by atoms with E-state index in [4.69, 9.17) is 0 Å². The minimum Gasteiger partial charge on any atom is -0.508 e. The van der Waals surface area contributed by atoms with E-state index in [1.165, 1.54) is 24.3 Å². The number of benzene rings is 3. The molecule has 6 heteroatoms. The lowest BCUT2D eigenvalue weighted by molar-refractivity contribution is 0.101. The Balaban J connectivity index is 1.87. The van der Waals surface area contributed by atoms with Crippen LogP contribution in [0.2, 0.25) is 0 Å². The largest absolute Gasteiger partial charge is 0.508 e. The number of aromatic hydroxyl groups is 1. The Labute approximate surface area is 154 Å². The molecule has 0 atom stereocenters. The summed E-state index contributed by atoms with van der Waals surface area (Å²) in [6.45, 7) is 0. The summed E-state index contributed by atoms with van der Waals surface area (Å²) in [6.07, 6.45) is 0. The highest BCUT2D eigenvalue weighted by Gasteiger charge is 2.15. The van der Waals surface area contributed by atoms with Crippen LogP contribution in [-0.4, -0.2) is 20.7 Å². The van der Waals surface area contributed by atoms with Gasteiger partial charge >= 0.3 is 0 Å². The summed E-state index contributed by atoms with van der Waals surface area (Å²) in [5, 5.41) is 9.79. The molecule has 0 saturated carbocycles. The topological polar surface area (TPSA) is 84.2 Å². The molecule has 0 bridgehead atoms. The Kier molecular flexibility index (Phi) is 4.14. The molecule has 27 heavy (non-hydrogen) atoms. The fourth-order valence-electron chi connectivity index (χ4n) is 2.80. The zero-order valence-corrected chi connectivity index (χ0v) is 14.2. The number of phenolic OH excluding ortho intramolecular Hbond substituents is 1. The molecule has 4 aromatic rings. The van der Waals surface area contributed by atoms with Crippen LogP contribution in [0.25, 0.3) is 22.3 Å². The van der Waals surface area contributed by atoms with E-state index < -0.39 is 5.91 Å². The third kappa shape index (κ3) is 3.16. The van der Waals surface area contributed by atoms with Gasteiger partial charge in [-0.15, -0.1) is 0 Å². The van der Waals surface area contributed by atoms with Gasteiger partial charge in [-0.2, -0.15) is 4.68 Å². The van der Waals surface area contributed by atoms with Crippen LogP contribution in [0.5, 0.6) is 5.75 Å². The van der Waals surface area contributed by atoms with Crippen LogP contribution in [-0.2, 0) is 0 Å². The Bertz CT molecular complexity index is 1180. The van der Waals surface area contributed by atoms with Crippen molar-refractivity contribution in [1.82, 2.24) is 9.66 Å². The smallest absolute Gasteiger partial charge is 0.280 e. The predicted octanol–water partition coefficient (Wildman–Crippen LogP) is 3.15. The molecule has 0 aliphatic heterocycles. The Morgan fingerprint density at radius 2 is 1.56 bits per heavy atom. The minimum atomic E-state index is -0.480. The highest BCUT2D eigenvalue weighted by Crippen LogP contribution is 2.18. The summed E-state index contributed by atoms with van der Waals surface area (Å²) in [7, 11) is 0. The molecule has 0 saturated heterocycles. The standard InChI is InChI=1S/C21H15N3O3/c25-16-12-10-15(11-13-16)20(26)23-24-19(14-6-2-1-3-7-14)22-18-9-5-4-8-17(18)21(24)27/h1-13,25H,(H,23,26). The Hall–Kier alpha value is -3.93. The van der Waals surface area contributed by atoms with Crippen molar-refractivity contribution in [3.05, 3.63) is 94.8 Å². The summed E-state index contributed by atoms with van der Waals surface area (Å²) in [6, 6.07) is 21.9. The average Bonchev–Trinajstić information content (AvgIpc) is 2.71. The van der Waals surface area contributed by atoms with Crippen molar-refractivity contribution in [1.29, 1.82) is 0 Å². The number of aromatic nitrogens is 2. The molecule has 3 aromatic carbocycles. The molecule has 0 aliphatic rings. The van der Waals surface area contributed by atoms with Crippen molar-refractivity contribution in [2.45, 2.75) is 0 Å². The Morgan fingerprint density at radius 3 is 2.30 bits per heavy atom. The van der Waals surface area contributed by atoms with Crippen LogP contribution in [0.3, 0.4) is 0 Å². The van der Waals surface area contributed by atoms with E-state index in [0.717, 1.165) is 4.68 Å². The van der Waals surface area contributed by atoms with Crippen LogP contribution < -0.4 is 11.0 Å². The normalized spacial score (nSPS) is 10.7. The molecule has 6 nitrogen and oxygen atoms in total. The molecule has 1 amide bonds.